The number of quaternary nitrogens is 1. The van der Waals surface area contributed by atoms with Crippen LogP contribution in [0.4, 0.5) is 0 Å². The minimum Gasteiger partial charge on any atom is -0.369 e. The molecular weight excluding hydrogens is 191 g/mol. The molecule has 0 aliphatic rings. The summed E-state index contributed by atoms with van der Waals surface area (Å²) < 4.78 is 0. The molecule has 0 heterocycles. The maximum Gasteiger partial charge on any atom is -0.369 e. The predicted molar refractivity (Wildman–Crippen MR) is 11.8 cm³/mol. The van der Waals surface area contributed by atoms with E-state index in [0.29, 0.717) is 0 Å². The molecule has 0 bridgehead atoms. The van der Waals surface area contributed by atoms with Gasteiger partial charge in [0.2, 0.25) is 0 Å². The van der Waals surface area contributed by atoms with E-state index in [1.165, 1.54) is 0 Å². The van der Waals surface area contributed by atoms with Crippen molar-refractivity contribution in [2.24, 2.45) is 0 Å². The van der Waals surface area contributed by atoms with Crippen LogP contribution >= 0.6 is 9.53 Å². The summed E-state index contributed by atoms with van der Waals surface area (Å²) in [7, 11) is 4.49. The maximum absolute atomic E-state index is 4.49. The van der Waals surface area contributed by atoms with Crippen LogP contribution in [0.1, 0.15) is 0 Å². The average molecular weight is 195 g/mol. The third-order valence-electron chi connectivity index (χ3n) is 0. The molecule has 4 N–H and O–H groups in total. The summed E-state index contributed by atoms with van der Waals surface area (Å²) in [5, 5.41) is 0. The van der Waals surface area contributed by atoms with E-state index in [1.807, 2.05) is 0 Å². The Morgan fingerprint density at radius 2 is 1.25 bits per heavy atom. The summed E-state index contributed by atoms with van der Waals surface area (Å²) >= 11 is 2.22. The van der Waals surface area contributed by atoms with Crippen molar-refractivity contribution in [3.05, 3.63) is 0 Å². The first-order chi connectivity index (χ1) is 1.00. The number of halogens is 2. The summed E-state index contributed by atoms with van der Waals surface area (Å²) in [4.78, 5) is 0. The Labute approximate surface area is 46.5 Å². The second-order valence-electron chi connectivity index (χ2n) is 0. The van der Waals surface area contributed by atoms with Crippen LogP contribution in [0, 0.1) is 0 Å². The Kier molecular flexibility index (Phi) is 141. The van der Waals surface area contributed by atoms with Crippen molar-refractivity contribution in [1.82, 2.24) is 6.15 Å². The summed E-state index contributed by atoms with van der Waals surface area (Å²) in [6, 6.07) is 0. The first-order valence-corrected chi connectivity index (χ1v) is 2.12. The van der Waals surface area contributed by atoms with Gasteiger partial charge in [0.05, 0.1) is 0 Å². The van der Waals surface area contributed by atoms with Crippen molar-refractivity contribution in [3.63, 3.8) is 0 Å². The normalized spacial score (nSPS) is 1.75. The van der Waals surface area contributed by atoms with Gasteiger partial charge in [0.25, 0.3) is 0 Å². The third kappa shape index (κ3) is 10.7. The van der Waals surface area contributed by atoms with Gasteiger partial charge in [0, 0.05) is 0 Å². The van der Waals surface area contributed by atoms with E-state index in [0.717, 1.165) is 0 Å². The van der Waals surface area contributed by atoms with E-state index in [-0.39, 0.29) is 18.6 Å². The first kappa shape index (κ1) is 18.9. The molecule has 0 saturated carbocycles. The molecule has 1 nitrogen and oxygen atoms in total. The maximum atomic E-state index is 4.49. The predicted octanol–water partition coefficient (Wildman–Crippen LogP) is -1.93. The summed E-state index contributed by atoms with van der Waals surface area (Å²) in [6.45, 7) is 0. The fourth-order valence-corrected chi connectivity index (χ4v) is 0. The molecule has 0 rings (SSSR count). The van der Waals surface area contributed by atoms with Crippen molar-refractivity contribution < 1.29 is 30.6 Å². The second kappa shape index (κ2) is 29.8. The van der Waals surface area contributed by atoms with Gasteiger partial charge in [0.1, 0.15) is 0 Å². The van der Waals surface area contributed by atoms with Crippen molar-refractivity contribution in [3.8, 4) is 0 Å². The smallest absolute Gasteiger partial charge is 0.369 e. The molecular formula is H4Cl2NPd. The number of hydrogen-bond donors (Lipinski definition) is 1. The molecule has 4 heavy (non-hydrogen) atoms. The SMILES string of the molecule is [Cl-].[Cl][Pd].[NH4+]. The van der Waals surface area contributed by atoms with Crippen LogP contribution in [0.15, 0.2) is 0 Å². The summed E-state index contributed by atoms with van der Waals surface area (Å²) in [5.74, 6) is 0. The zero-order chi connectivity index (χ0) is 2.00. The fourth-order valence-electron chi connectivity index (χ4n) is 0. The number of hydrogen-bond acceptors (Lipinski definition) is 0. The van der Waals surface area contributed by atoms with Gasteiger partial charge < -0.3 is 18.6 Å². The minimum atomic E-state index is 0. The summed E-state index contributed by atoms with van der Waals surface area (Å²) in [5.41, 5.74) is 0. The quantitative estimate of drug-likeness (QED) is 0.437. The molecule has 0 amide bonds. The van der Waals surface area contributed by atoms with E-state index in [4.69, 9.17) is 0 Å². The van der Waals surface area contributed by atoms with Gasteiger partial charge in [-0.1, -0.05) is 0 Å². The topological polar surface area (TPSA) is 36.5 Å². The fraction of sp³-hybridized carbons (Fsp3) is 0. The molecule has 0 aliphatic carbocycles. The molecule has 0 spiro atoms. The molecule has 4 heteroatoms. The standard InChI is InChI=1S/2ClH.H3N.Pd/h2*1H;1H3;/q;;;+1/p-1. The Bertz CT molecular complexity index is 6.00. The van der Waals surface area contributed by atoms with E-state index < -0.39 is 0 Å². The van der Waals surface area contributed by atoms with Crippen LogP contribution in [-0.2, 0) is 18.2 Å². The third-order valence-corrected chi connectivity index (χ3v) is 0. The summed E-state index contributed by atoms with van der Waals surface area (Å²) in [6.07, 6.45) is 0. The largest absolute Gasteiger partial charge is 0.369 e. The van der Waals surface area contributed by atoms with Gasteiger partial charge in [-0.2, -0.15) is 0 Å². The molecule has 0 atom stereocenters. The molecule has 33 valence electrons. The van der Waals surface area contributed by atoms with Gasteiger partial charge in [0.15, 0.2) is 0 Å². The first-order valence-electron chi connectivity index (χ1n) is 0.120. The zero-order valence-electron chi connectivity index (χ0n) is 2.07. The molecule has 0 unspecified atom stereocenters. The molecule has 0 aliphatic heterocycles. The molecule has 0 saturated heterocycles. The zero-order valence-corrected chi connectivity index (χ0v) is 5.14. The van der Waals surface area contributed by atoms with E-state index in [2.05, 4.69) is 27.7 Å². The van der Waals surface area contributed by atoms with Crippen LogP contribution in [0.25, 0.3) is 0 Å². The van der Waals surface area contributed by atoms with Crippen LogP contribution in [-0.4, -0.2) is 0 Å². The number of rotatable bonds is 0. The van der Waals surface area contributed by atoms with Crippen LogP contribution < -0.4 is 18.6 Å². The van der Waals surface area contributed by atoms with Crippen molar-refractivity contribution in [2.75, 3.05) is 0 Å². The Morgan fingerprint density at radius 1 is 1.25 bits per heavy atom. The van der Waals surface area contributed by atoms with Crippen LogP contribution in [0.3, 0.4) is 0 Å². The van der Waals surface area contributed by atoms with Crippen LogP contribution in [0.2, 0.25) is 0 Å². The average Bonchev–Trinajstić information content (AvgIpc) is 1.00. The molecule has 0 aromatic rings. The van der Waals surface area contributed by atoms with E-state index in [9.17, 15) is 0 Å². The second-order valence-corrected chi connectivity index (χ2v) is 0. The van der Waals surface area contributed by atoms with Gasteiger partial charge >= 0.3 is 27.7 Å². The Morgan fingerprint density at radius 3 is 1.25 bits per heavy atom. The van der Waals surface area contributed by atoms with Gasteiger partial charge in [-0.05, 0) is 0 Å². The molecule has 0 aromatic carbocycles. The Hall–Kier alpha value is 1.20. The van der Waals surface area contributed by atoms with E-state index in [1.54, 1.807) is 0 Å². The molecule has 0 radical (unpaired) electrons. The molecule has 0 fully saturated rings. The van der Waals surface area contributed by atoms with E-state index >= 15 is 0 Å². The molecule has 0 aromatic heterocycles. The Balaban J connectivity index is -0.00000000500. The van der Waals surface area contributed by atoms with Gasteiger partial charge in [-0.3, -0.25) is 0 Å². The monoisotopic (exact) mass is 194 g/mol. The van der Waals surface area contributed by atoms with Crippen molar-refractivity contribution >= 4 is 9.53 Å². The minimum absolute atomic E-state index is 0. The van der Waals surface area contributed by atoms with Crippen molar-refractivity contribution in [2.45, 2.75) is 0 Å². The van der Waals surface area contributed by atoms with Gasteiger partial charge in [-0.25, -0.2) is 0 Å². The van der Waals surface area contributed by atoms with Crippen molar-refractivity contribution in [1.29, 1.82) is 0 Å². The van der Waals surface area contributed by atoms with Gasteiger partial charge in [-0.15, -0.1) is 0 Å². The van der Waals surface area contributed by atoms with Crippen LogP contribution in [0.5, 0.6) is 0 Å².